The van der Waals surface area contributed by atoms with Gasteiger partial charge >= 0.3 is 0 Å². The zero-order valence-corrected chi connectivity index (χ0v) is 17.7. The number of aromatic nitrogens is 4. The average molecular weight is 473 g/mol. The van der Waals surface area contributed by atoms with Crippen LogP contribution in [0.5, 0.6) is 11.5 Å². The van der Waals surface area contributed by atoms with Crippen molar-refractivity contribution in [3.8, 4) is 11.5 Å². The Morgan fingerprint density at radius 2 is 1.97 bits per heavy atom. The van der Waals surface area contributed by atoms with Crippen molar-refractivity contribution < 1.29 is 14.5 Å². The Kier molecular flexibility index (Phi) is 6.06. The largest absolute Gasteiger partial charge is 0.455 e. The van der Waals surface area contributed by atoms with Gasteiger partial charge in [0.05, 0.1) is 21.7 Å². The van der Waals surface area contributed by atoms with Crippen LogP contribution in [-0.4, -0.2) is 30.4 Å². The number of halogens is 2. The summed E-state index contributed by atoms with van der Waals surface area (Å²) in [6.45, 7) is 0.330. The maximum Gasteiger partial charge on any atom is 0.276 e. The van der Waals surface area contributed by atoms with Gasteiger partial charge in [-0.3, -0.25) is 24.3 Å². The second-order valence-corrected chi connectivity index (χ2v) is 7.37. The number of hydrogen-bond acceptors (Lipinski definition) is 6. The van der Waals surface area contributed by atoms with E-state index in [-0.39, 0.29) is 33.6 Å². The van der Waals surface area contributed by atoms with Gasteiger partial charge in [0.1, 0.15) is 18.2 Å². The van der Waals surface area contributed by atoms with Gasteiger partial charge in [0.25, 0.3) is 11.6 Å². The first-order chi connectivity index (χ1) is 15.4. The van der Waals surface area contributed by atoms with E-state index in [1.54, 1.807) is 35.4 Å². The van der Waals surface area contributed by atoms with E-state index >= 15 is 0 Å². The number of carbonyl (C=O) groups excluding carboxylic acids is 1. The molecule has 2 aromatic heterocycles. The highest BCUT2D eigenvalue weighted by Crippen LogP contribution is 2.34. The fourth-order valence-corrected chi connectivity index (χ4v) is 3.24. The molecule has 2 aromatic carbocycles. The van der Waals surface area contributed by atoms with Gasteiger partial charge in [-0.15, -0.1) is 0 Å². The highest BCUT2D eigenvalue weighted by molar-refractivity contribution is 6.35. The summed E-state index contributed by atoms with van der Waals surface area (Å²) >= 11 is 12.0. The highest BCUT2D eigenvalue weighted by Gasteiger charge is 2.16. The molecule has 162 valence electrons. The van der Waals surface area contributed by atoms with E-state index in [1.165, 1.54) is 41.1 Å². The van der Waals surface area contributed by atoms with Gasteiger partial charge in [-0.25, -0.2) is 0 Å². The third-order valence-electron chi connectivity index (χ3n) is 4.20. The quantitative estimate of drug-likeness (QED) is 0.303. The van der Waals surface area contributed by atoms with Crippen LogP contribution in [-0.2, 0) is 6.67 Å². The predicted octanol–water partition coefficient (Wildman–Crippen LogP) is 4.85. The van der Waals surface area contributed by atoms with Crippen LogP contribution < -0.4 is 10.1 Å². The summed E-state index contributed by atoms with van der Waals surface area (Å²) < 4.78 is 8.84. The molecule has 0 bridgehead atoms. The van der Waals surface area contributed by atoms with Crippen LogP contribution in [0.3, 0.4) is 0 Å². The van der Waals surface area contributed by atoms with Crippen LogP contribution in [0.2, 0.25) is 10.0 Å². The standard InChI is InChI=1S/C20H14Cl2N6O4/c21-13-2-3-19(17(22)8-13)32-16-10-14(9-15(11-16)28(30)31)24-20(29)18-4-7-27(25-18)12-26-6-1-5-23-26/h1-11H,12H2,(H,24,29). The minimum Gasteiger partial charge on any atom is -0.455 e. The van der Waals surface area contributed by atoms with E-state index in [1.807, 2.05) is 0 Å². The number of non-ortho nitro benzene ring substituents is 1. The van der Waals surface area contributed by atoms with E-state index < -0.39 is 10.8 Å². The minimum atomic E-state index is -0.592. The maximum atomic E-state index is 12.6. The summed E-state index contributed by atoms with van der Waals surface area (Å²) in [5, 5.41) is 22.9. The molecule has 0 saturated carbocycles. The van der Waals surface area contributed by atoms with Crippen molar-refractivity contribution in [2.24, 2.45) is 0 Å². The summed E-state index contributed by atoms with van der Waals surface area (Å²) in [5.74, 6) is -0.172. The summed E-state index contributed by atoms with van der Waals surface area (Å²) in [4.78, 5) is 23.4. The Bertz CT molecular complexity index is 1290. The molecule has 4 aromatic rings. The van der Waals surface area contributed by atoms with Crippen LogP contribution in [0.4, 0.5) is 11.4 Å². The van der Waals surface area contributed by atoms with Gasteiger partial charge in [-0.05, 0) is 30.3 Å². The summed E-state index contributed by atoms with van der Waals surface area (Å²) in [5.41, 5.74) is 0.0184. The first-order valence-corrected chi connectivity index (χ1v) is 9.87. The van der Waals surface area contributed by atoms with E-state index in [9.17, 15) is 14.9 Å². The van der Waals surface area contributed by atoms with Crippen molar-refractivity contribution in [3.05, 3.63) is 93.0 Å². The Labute approximate surface area is 191 Å². The summed E-state index contributed by atoms with van der Waals surface area (Å²) in [6, 6.07) is 11.8. The molecule has 2 heterocycles. The van der Waals surface area contributed by atoms with Crippen LogP contribution in [0.25, 0.3) is 0 Å². The molecule has 0 fully saturated rings. The van der Waals surface area contributed by atoms with Gasteiger partial charge in [-0.1, -0.05) is 23.2 Å². The van der Waals surface area contributed by atoms with Crippen LogP contribution >= 0.6 is 23.2 Å². The first-order valence-electron chi connectivity index (χ1n) is 9.12. The molecule has 0 aliphatic heterocycles. The van der Waals surface area contributed by atoms with Crippen molar-refractivity contribution in [2.75, 3.05) is 5.32 Å². The Morgan fingerprint density at radius 1 is 1.12 bits per heavy atom. The zero-order valence-electron chi connectivity index (χ0n) is 16.2. The lowest BCUT2D eigenvalue weighted by atomic mass is 10.2. The molecule has 32 heavy (non-hydrogen) atoms. The molecule has 1 N–H and O–H groups in total. The van der Waals surface area contributed by atoms with Crippen molar-refractivity contribution in [1.29, 1.82) is 0 Å². The van der Waals surface area contributed by atoms with Crippen molar-refractivity contribution >= 4 is 40.5 Å². The lowest BCUT2D eigenvalue weighted by molar-refractivity contribution is -0.384. The van der Waals surface area contributed by atoms with E-state index in [4.69, 9.17) is 27.9 Å². The molecule has 10 nitrogen and oxygen atoms in total. The monoisotopic (exact) mass is 472 g/mol. The molecule has 0 saturated heterocycles. The summed E-state index contributed by atoms with van der Waals surface area (Å²) in [7, 11) is 0. The number of ether oxygens (including phenoxy) is 1. The molecule has 0 unspecified atom stereocenters. The molecule has 0 spiro atoms. The summed E-state index contributed by atoms with van der Waals surface area (Å²) in [6.07, 6.45) is 5.02. The number of benzene rings is 2. The van der Waals surface area contributed by atoms with Gasteiger partial charge < -0.3 is 10.1 Å². The highest BCUT2D eigenvalue weighted by atomic mass is 35.5. The Hall–Kier alpha value is -3.89. The van der Waals surface area contributed by atoms with Crippen LogP contribution in [0.15, 0.2) is 67.1 Å². The van der Waals surface area contributed by atoms with E-state index in [0.717, 1.165) is 0 Å². The minimum absolute atomic E-state index is 0.114. The van der Waals surface area contributed by atoms with Gasteiger partial charge in [-0.2, -0.15) is 10.2 Å². The van der Waals surface area contributed by atoms with Crippen molar-refractivity contribution in [3.63, 3.8) is 0 Å². The molecule has 0 aliphatic rings. The number of nitro groups is 1. The van der Waals surface area contributed by atoms with Gasteiger partial charge in [0, 0.05) is 35.7 Å². The lowest BCUT2D eigenvalue weighted by Crippen LogP contribution is -2.15. The van der Waals surface area contributed by atoms with Gasteiger partial charge in [0.15, 0.2) is 5.69 Å². The number of carbonyl (C=O) groups is 1. The average Bonchev–Trinajstić information content (AvgIpc) is 3.42. The molecular weight excluding hydrogens is 459 g/mol. The molecule has 0 atom stereocenters. The number of anilines is 1. The molecule has 1 amide bonds. The molecule has 4 rings (SSSR count). The lowest BCUT2D eigenvalue weighted by Gasteiger charge is -2.10. The van der Waals surface area contributed by atoms with E-state index in [0.29, 0.717) is 11.7 Å². The van der Waals surface area contributed by atoms with Crippen molar-refractivity contribution in [2.45, 2.75) is 6.67 Å². The topological polar surface area (TPSA) is 117 Å². The molecule has 12 heteroatoms. The smallest absolute Gasteiger partial charge is 0.276 e. The molecule has 0 radical (unpaired) electrons. The van der Waals surface area contributed by atoms with Crippen molar-refractivity contribution in [1.82, 2.24) is 19.6 Å². The fourth-order valence-electron chi connectivity index (χ4n) is 2.79. The number of amides is 1. The number of hydrogen-bond donors (Lipinski definition) is 1. The number of nitro benzene ring substituents is 1. The first kappa shape index (κ1) is 21.3. The van der Waals surface area contributed by atoms with E-state index in [2.05, 4.69) is 15.5 Å². The zero-order chi connectivity index (χ0) is 22.7. The van der Waals surface area contributed by atoms with Crippen LogP contribution in [0.1, 0.15) is 10.5 Å². The molecular formula is C20H14Cl2N6O4. The fraction of sp³-hybridized carbons (Fsp3) is 0.0500. The second kappa shape index (κ2) is 9.08. The number of rotatable bonds is 7. The number of nitrogens with zero attached hydrogens (tertiary/aromatic N) is 5. The molecule has 0 aliphatic carbocycles. The Morgan fingerprint density at radius 3 is 2.69 bits per heavy atom. The second-order valence-electron chi connectivity index (χ2n) is 6.53. The normalized spacial score (nSPS) is 10.7. The maximum absolute atomic E-state index is 12.6. The Balaban J connectivity index is 1.54. The third-order valence-corrected chi connectivity index (χ3v) is 4.73. The number of nitrogens with one attached hydrogen (secondary N) is 1. The third kappa shape index (κ3) is 5.05. The van der Waals surface area contributed by atoms with Gasteiger partial charge in [0.2, 0.25) is 0 Å². The SMILES string of the molecule is O=C(Nc1cc(Oc2ccc(Cl)cc2Cl)cc([N+](=O)[O-])c1)c1ccn(Cn2cccn2)n1. The van der Waals surface area contributed by atoms with Crippen LogP contribution in [0, 0.1) is 10.1 Å². The predicted molar refractivity (Wildman–Crippen MR) is 117 cm³/mol.